The molecule has 198 valence electrons. The van der Waals surface area contributed by atoms with Gasteiger partial charge >= 0.3 is 5.97 Å². The second-order valence-electron chi connectivity index (χ2n) is 8.21. The minimum atomic E-state index is -3.97. The lowest BCUT2D eigenvalue weighted by atomic mass is 10.0. The quantitative estimate of drug-likeness (QED) is 0.292. The molecule has 11 nitrogen and oxygen atoms in total. The topological polar surface area (TPSA) is 159 Å². The van der Waals surface area contributed by atoms with Crippen LogP contribution in [0.2, 0.25) is 0 Å². The van der Waals surface area contributed by atoms with E-state index in [1.807, 2.05) is 0 Å². The molecule has 1 atom stereocenters. The van der Waals surface area contributed by atoms with Gasteiger partial charge in [0.1, 0.15) is 17.3 Å². The van der Waals surface area contributed by atoms with Crippen LogP contribution >= 0.6 is 0 Å². The number of rotatable bonds is 13. The first-order valence-corrected chi connectivity index (χ1v) is 14.5. The van der Waals surface area contributed by atoms with Crippen LogP contribution in [-0.2, 0) is 31.3 Å². The molecule has 1 unspecified atom stereocenters. The van der Waals surface area contributed by atoms with Crippen LogP contribution in [0.15, 0.2) is 71.9 Å². The van der Waals surface area contributed by atoms with E-state index in [-0.39, 0.29) is 29.4 Å². The van der Waals surface area contributed by atoms with E-state index in [9.17, 15) is 21.6 Å². The van der Waals surface area contributed by atoms with Gasteiger partial charge in [0.2, 0.25) is 20.0 Å². The van der Waals surface area contributed by atoms with Crippen molar-refractivity contribution in [2.24, 2.45) is 0 Å². The van der Waals surface area contributed by atoms with E-state index in [4.69, 9.17) is 5.11 Å². The van der Waals surface area contributed by atoms with Crippen molar-refractivity contribution in [2.75, 3.05) is 29.0 Å². The fraction of sp³-hybridized carbons (Fsp3) is 0.292. The first kappa shape index (κ1) is 28.0. The number of nitrogens with zero attached hydrogens (tertiary/aromatic N) is 3. The zero-order chi connectivity index (χ0) is 27.1. The van der Waals surface area contributed by atoms with Gasteiger partial charge in [0, 0.05) is 19.4 Å². The summed E-state index contributed by atoms with van der Waals surface area (Å²) in [7, 11) is -5.91. The van der Waals surface area contributed by atoms with Crippen molar-refractivity contribution in [3.05, 3.63) is 78.2 Å². The predicted octanol–water partition coefficient (Wildman–Crippen LogP) is 2.41. The summed E-state index contributed by atoms with van der Waals surface area (Å²) >= 11 is 0. The third-order valence-corrected chi connectivity index (χ3v) is 8.84. The Morgan fingerprint density at radius 2 is 1.78 bits per heavy atom. The highest BCUT2D eigenvalue weighted by Crippen LogP contribution is 2.24. The molecule has 2 aromatic heterocycles. The molecule has 0 fully saturated rings. The zero-order valence-corrected chi connectivity index (χ0v) is 22.0. The maximum atomic E-state index is 13.1. The minimum Gasteiger partial charge on any atom is -0.480 e. The van der Waals surface area contributed by atoms with E-state index < -0.39 is 32.1 Å². The number of hydrogen-bond acceptors (Lipinski definition) is 8. The molecule has 1 aromatic carbocycles. The van der Waals surface area contributed by atoms with E-state index in [2.05, 4.69) is 20.0 Å². The van der Waals surface area contributed by atoms with Gasteiger partial charge in [0.25, 0.3) is 0 Å². The third-order valence-electron chi connectivity index (χ3n) is 5.41. The highest BCUT2D eigenvalue weighted by Gasteiger charge is 2.24. The number of nitrogens with one attached hydrogen (secondary N) is 2. The summed E-state index contributed by atoms with van der Waals surface area (Å²) in [6, 6.07) is 13.8. The Hall–Kier alpha value is -3.55. The van der Waals surface area contributed by atoms with Crippen LogP contribution in [-0.4, -0.2) is 57.2 Å². The van der Waals surface area contributed by atoms with Crippen molar-refractivity contribution in [3.63, 3.8) is 0 Å². The average Bonchev–Trinajstić information content (AvgIpc) is 2.87. The van der Waals surface area contributed by atoms with Crippen LogP contribution in [0, 0.1) is 0 Å². The molecular formula is C24H29N5O6S2. The number of aliphatic carboxylic acids is 1. The number of sulfonamides is 2. The summed E-state index contributed by atoms with van der Waals surface area (Å²) in [6.07, 6.45) is 3.39. The molecule has 0 aliphatic carbocycles. The molecule has 0 aliphatic heterocycles. The van der Waals surface area contributed by atoms with Gasteiger partial charge in [0.15, 0.2) is 0 Å². The lowest BCUT2D eigenvalue weighted by Gasteiger charge is -2.21. The zero-order valence-electron chi connectivity index (χ0n) is 20.4. The molecule has 0 aliphatic rings. The van der Waals surface area contributed by atoms with Crippen molar-refractivity contribution >= 4 is 37.5 Å². The molecule has 0 saturated carbocycles. The summed E-state index contributed by atoms with van der Waals surface area (Å²) < 4.78 is 54.8. The highest BCUT2D eigenvalue weighted by molar-refractivity contribution is 7.92. The van der Waals surface area contributed by atoms with Gasteiger partial charge in [-0.1, -0.05) is 25.1 Å². The first-order chi connectivity index (χ1) is 17.5. The number of aromatic nitrogens is 2. The summed E-state index contributed by atoms with van der Waals surface area (Å²) in [5.41, 5.74) is 1.59. The van der Waals surface area contributed by atoms with Crippen LogP contribution in [0.3, 0.4) is 0 Å². The van der Waals surface area contributed by atoms with Crippen molar-refractivity contribution < 1.29 is 26.7 Å². The molecule has 0 bridgehead atoms. The first-order valence-electron chi connectivity index (χ1n) is 11.4. The van der Waals surface area contributed by atoms with E-state index in [0.29, 0.717) is 17.8 Å². The SMILES string of the molecule is CCCS(=O)(=O)N(C)c1ccc(CC(NS(=O)(=O)c2cccnc2)c2cccc(NCC(=O)O)n2)cc1. The van der Waals surface area contributed by atoms with Gasteiger partial charge < -0.3 is 10.4 Å². The molecule has 0 radical (unpaired) electrons. The standard InChI is InChI=1S/C24H29N5O6S2/c1-3-14-36(32,33)29(2)19-11-9-18(10-12-19)15-22(28-37(34,35)20-6-5-13-25-16-20)21-7-4-8-23(27-21)26-17-24(30)31/h4-13,16,22,28H,3,14-15,17H2,1-2H3,(H,26,27)(H,30,31). The number of benzene rings is 1. The predicted molar refractivity (Wildman–Crippen MR) is 140 cm³/mol. The fourth-order valence-electron chi connectivity index (χ4n) is 3.51. The number of carboxylic acid groups (broad SMARTS) is 1. The molecular weight excluding hydrogens is 518 g/mol. The molecule has 13 heteroatoms. The Bertz CT molecular complexity index is 1420. The maximum Gasteiger partial charge on any atom is 0.322 e. The lowest BCUT2D eigenvalue weighted by Crippen LogP contribution is -2.31. The van der Waals surface area contributed by atoms with Crippen LogP contribution in [0.5, 0.6) is 0 Å². The second kappa shape index (κ2) is 12.1. The number of pyridine rings is 2. The Kier molecular flexibility index (Phi) is 9.18. The van der Waals surface area contributed by atoms with E-state index in [0.717, 1.165) is 5.56 Å². The lowest BCUT2D eigenvalue weighted by molar-refractivity contribution is -0.134. The van der Waals surface area contributed by atoms with Crippen LogP contribution in [0.4, 0.5) is 11.5 Å². The summed E-state index contributed by atoms with van der Waals surface area (Å²) in [6.45, 7) is 1.44. The third kappa shape index (κ3) is 7.71. The molecule has 2 heterocycles. The van der Waals surface area contributed by atoms with E-state index in [1.165, 1.54) is 35.9 Å². The Morgan fingerprint density at radius 1 is 1.05 bits per heavy atom. The summed E-state index contributed by atoms with van der Waals surface area (Å²) in [5, 5.41) is 11.6. The van der Waals surface area contributed by atoms with Gasteiger partial charge in [-0.25, -0.2) is 26.5 Å². The fourth-order valence-corrected chi connectivity index (χ4v) is 5.92. The molecule has 0 amide bonds. The Balaban J connectivity index is 1.91. The molecule has 0 spiro atoms. The van der Waals surface area contributed by atoms with Gasteiger partial charge in [0.05, 0.1) is 23.2 Å². The van der Waals surface area contributed by atoms with Crippen molar-refractivity contribution in [3.8, 4) is 0 Å². The van der Waals surface area contributed by atoms with E-state index >= 15 is 0 Å². The Labute approximate surface area is 216 Å². The number of anilines is 2. The number of hydrogen-bond donors (Lipinski definition) is 3. The summed E-state index contributed by atoms with van der Waals surface area (Å²) in [5.74, 6) is -0.753. The Morgan fingerprint density at radius 3 is 2.41 bits per heavy atom. The highest BCUT2D eigenvalue weighted by atomic mass is 32.2. The summed E-state index contributed by atoms with van der Waals surface area (Å²) in [4.78, 5) is 19.2. The molecule has 0 saturated heterocycles. The van der Waals surface area contributed by atoms with E-state index in [1.54, 1.807) is 49.4 Å². The van der Waals surface area contributed by atoms with Crippen LogP contribution in [0.25, 0.3) is 0 Å². The van der Waals surface area contributed by atoms with Gasteiger partial charge in [-0.3, -0.25) is 14.1 Å². The van der Waals surface area contributed by atoms with Crippen molar-refractivity contribution in [1.82, 2.24) is 14.7 Å². The minimum absolute atomic E-state index is 0.0155. The number of carboxylic acids is 1. The molecule has 3 aromatic rings. The largest absolute Gasteiger partial charge is 0.480 e. The van der Waals surface area contributed by atoms with Gasteiger partial charge in [-0.2, -0.15) is 0 Å². The second-order valence-corrected chi connectivity index (χ2v) is 12.0. The number of carbonyl (C=O) groups is 1. The molecule has 3 N–H and O–H groups in total. The molecule has 3 rings (SSSR count). The maximum absolute atomic E-state index is 13.1. The monoisotopic (exact) mass is 547 g/mol. The van der Waals surface area contributed by atoms with Crippen molar-refractivity contribution in [2.45, 2.75) is 30.7 Å². The normalized spacial score (nSPS) is 12.6. The van der Waals surface area contributed by atoms with Crippen LogP contribution < -0.4 is 14.3 Å². The average molecular weight is 548 g/mol. The molecule has 37 heavy (non-hydrogen) atoms. The van der Waals surface area contributed by atoms with Crippen LogP contribution in [0.1, 0.15) is 30.6 Å². The van der Waals surface area contributed by atoms with Gasteiger partial charge in [-0.05, 0) is 54.8 Å². The van der Waals surface area contributed by atoms with Gasteiger partial charge in [-0.15, -0.1) is 0 Å². The smallest absolute Gasteiger partial charge is 0.322 e. The van der Waals surface area contributed by atoms with Crippen molar-refractivity contribution in [1.29, 1.82) is 0 Å².